The van der Waals surface area contributed by atoms with Gasteiger partial charge >= 0.3 is 0 Å². The van der Waals surface area contributed by atoms with Crippen LogP contribution in [0.1, 0.15) is 12.0 Å². The highest BCUT2D eigenvalue weighted by molar-refractivity contribution is 7.07. The van der Waals surface area contributed by atoms with E-state index in [9.17, 15) is 0 Å². The second-order valence-corrected chi connectivity index (χ2v) is 4.29. The summed E-state index contributed by atoms with van der Waals surface area (Å²) in [6, 6.07) is 2.12. The van der Waals surface area contributed by atoms with Crippen LogP contribution in [0.2, 0.25) is 0 Å². The molecule has 1 N–H and O–H groups in total. The highest BCUT2D eigenvalue weighted by Crippen LogP contribution is 2.11. The molecule has 1 atom stereocenters. The minimum atomic E-state index is 0.735. The molecule has 1 unspecified atom stereocenters. The van der Waals surface area contributed by atoms with Gasteiger partial charge in [0.05, 0.1) is 13.2 Å². The van der Waals surface area contributed by atoms with E-state index in [1.165, 1.54) is 12.0 Å². The zero-order valence-corrected chi connectivity index (χ0v) is 8.48. The average Bonchev–Trinajstić information content (AvgIpc) is 2.75. The molecule has 1 fully saturated rings. The van der Waals surface area contributed by atoms with E-state index in [1.807, 2.05) is 0 Å². The van der Waals surface area contributed by atoms with Crippen LogP contribution >= 0.6 is 11.3 Å². The van der Waals surface area contributed by atoms with Gasteiger partial charge in [0.25, 0.3) is 0 Å². The van der Waals surface area contributed by atoms with Gasteiger partial charge in [-0.05, 0) is 41.3 Å². The molecule has 0 amide bonds. The molecule has 1 aromatic heterocycles. The third kappa shape index (κ3) is 2.79. The van der Waals surface area contributed by atoms with Gasteiger partial charge in [0.1, 0.15) is 0 Å². The second-order valence-electron chi connectivity index (χ2n) is 3.51. The lowest BCUT2D eigenvalue weighted by atomic mass is 10.1. The maximum Gasteiger partial charge on any atom is 0.0725 e. The van der Waals surface area contributed by atoms with Crippen LogP contribution in [0.25, 0.3) is 0 Å². The molecule has 3 heteroatoms. The van der Waals surface area contributed by atoms with Gasteiger partial charge in [-0.2, -0.15) is 11.3 Å². The third-order valence-electron chi connectivity index (χ3n) is 2.36. The van der Waals surface area contributed by atoms with Crippen LogP contribution in [0.5, 0.6) is 0 Å². The Hall–Kier alpha value is -0.380. The van der Waals surface area contributed by atoms with Crippen LogP contribution in [0.15, 0.2) is 16.8 Å². The van der Waals surface area contributed by atoms with Crippen molar-refractivity contribution >= 4 is 11.3 Å². The number of nitrogens with one attached hydrogen (secondary N) is 1. The Labute approximate surface area is 82.9 Å². The minimum absolute atomic E-state index is 0.735. The molecule has 1 saturated heterocycles. The lowest BCUT2D eigenvalue weighted by Gasteiger charge is -2.07. The van der Waals surface area contributed by atoms with E-state index in [4.69, 9.17) is 4.74 Å². The number of hydrogen-bond donors (Lipinski definition) is 1. The fourth-order valence-corrected chi connectivity index (χ4v) is 2.23. The molecule has 0 aromatic carbocycles. The first-order valence-electron chi connectivity index (χ1n) is 4.74. The van der Waals surface area contributed by atoms with Crippen molar-refractivity contribution in [3.8, 4) is 0 Å². The van der Waals surface area contributed by atoms with E-state index in [1.54, 1.807) is 11.3 Å². The van der Waals surface area contributed by atoms with Gasteiger partial charge in [-0.25, -0.2) is 0 Å². The SMILES string of the molecule is c1cc(COCC2CCNC2)cs1. The van der Waals surface area contributed by atoms with Crippen molar-refractivity contribution in [3.05, 3.63) is 22.4 Å². The van der Waals surface area contributed by atoms with Gasteiger partial charge in [-0.1, -0.05) is 0 Å². The van der Waals surface area contributed by atoms with E-state index in [-0.39, 0.29) is 0 Å². The molecule has 1 aliphatic heterocycles. The second kappa shape index (κ2) is 4.74. The van der Waals surface area contributed by atoms with E-state index in [0.717, 1.165) is 32.2 Å². The normalized spacial score (nSPS) is 22.3. The number of ether oxygens (including phenoxy) is 1. The summed E-state index contributed by atoms with van der Waals surface area (Å²) in [6.45, 7) is 3.97. The van der Waals surface area contributed by atoms with Gasteiger partial charge in [-0.3, -0.25) is 0 Å². The maximum absolute atomic E-state index is 5.63. The fraction of sp³-hybridized carbons (Fsp3) is 0.600. The molecule has 0 aliphatic carbocycles. The molecule has 0 spiro atoms. The summed E-state index contributed by atoms with van der Waals surface area (Å²) in [5.41, 5.74) is 1.30. The van der Waals surface area contributed by atoms with E-state index >= 15 is 0 Å². The van der Waals surface area contributed by atoms with Gasteiger partial charge in [0, 0.05) is 6.54 Å². The molecule has 1 aromatic rings. The van der Waals surface area contributed by atoms with Crippen molar-refractivity contribution in [1.82, 2.24) is 5.32 Å². The zero-order valence-electron chi connectivity index (χ0n) is 7.66. The first kappa shape index (κ1) is 9.19. The summed E-state index contributed by atoms with van der Waals surface area (Å²) in [4.78, 5) is 0. The quantitative estimate of drug-likeness (QED) is 0.795. The summed E-state index contributed by atoms with van der Waals surface area (Å²) in [7, 11) is 0. The minimum Gasteiger partial charge on any atom is -0.376 e. The van der Waals surface area contributed by atoms with Crippen LogP contribution in [0, 0.1) is 5.92 Å². The molecular weight excluding hydrogens is 182 g/mol. The predicted molar refractivity (Wildman–Crippen MR) is 55.0 cm³/mol. The average molecular weight is 197 g/mol. The first-order valence-corrected chi connectivity index (χ1v) is 5.69. The van der Waals surface area contributed by atoms with Crippen molar-refractivity contribution in [3.63, 3.8) is 0 Å². The predicted octanol–water partition coefficient (Wildman–Crippen LogP) is 1.87. The molecule has 0 saturated carbocycles. The fourth-order valence-electron chi connectivity index (χ4n) is 1.57. The van der Waals surface area contributed by atoms with Crippen molar-refractivity contribution in [1.29, 1.82) is 0 Å². The summed E-state index contributed by atoms with van der Waals surface area (Å²) < 4.78 is 5.63. The smallest absolute Gasteiger partial charge is 0.0725 e. The molecule has 13 heavy (non-hydrogen) atoms. The van der Waals surface area contributed by atoms with Crippen molar-refractivity contribution in [2.75, 3.05) is 19.7 Å². The largest absolute Gasteiger partial charge is 0.376 e. The molecule has 2 nitrogen and oxygen atoms in total. The first-order chi connectivity index (χ1) is 6.45. The van der Waals surface area contributed by atoms with Crippen molar-refractivity contribution < 1.29 is 4.74 Å². The Kier molecular flexibility index (Phi) is 3.35. The van der Waals surface area contributed by atoms with Gasteiger partial charge in [-0.15, -0.1) is 0 Å². The standard InChI is InChI=1S/C10H15NOS/c1-3-11-5-9(1)6-12-7-10-2-4-13-8-10/h2,4,8-9,11H,1,3,5-7H2. The summed E-state index contributed by atoms with van der Waals surface area (Å²) in [6.07, 6.45) is 1.27. The number of hydrogen-bond acceptors (Lipinski definition) is 3. The van der Waals surface area contributed by atoms with Crippen molar-refractivity contribution in [2.45, 2.75) is 13.0 Å². The topological polar surface area (TPSA) is 21.3 Å². The monoisotopic (exact) mass is 197 g/mol. The molecule has 72 valence electrons. The van der Waals surface area contributed by atoms with Crippen LogP contribution in [0.4, 0.5) is 0 Å². The Bertz CT molecular complexity index is 229. The summed E-state index contributed by atoms with van der Waals surface area (Å²) in [5.74, 6) is 0.735. The van der Waals surface area contributed by atoms with Crippen molar-refractivity contribution in [2.24, 2.45) is 5.92 Å². The van der Waals surface area contributed by atoms with Crippen LogP contribution < -0.4 is 5.32 Å². The maximum atomic E-state index is 5.63. The molecular formula is C10H15NOS. The zero-order chi connectivity index (χ0) is 8.93. The Morgan fingerprint density at radius 1 is 1.62 bits per heavy atom. The molecule has 2 rings (SSSR count). The Morgan fingerprint density at radius 2 is 2.62 bits per heavy atom. The lowest BCUT2D eigenvalue weighted by Crippen LogP contribution is -2.13. The van der Waals surface area contributed by atoms with Crippen LogP contribution in [0.3, 0.4) is 0 Å². The molecule has 2 heterocycles. The van der Waals surface area contributed by atoms with Crippen LogP contribution in [-0.2, 0) is 11.3 Å². The molecule has 0 radical (unpaired) electrons. The number of thiophene rings is 1. The number of rotatable bonds is 4. The molecule has 1 aliphatic rings. The van der Waals surface area contributed by atoms with E-state index in [2.05, 4.69) is 22.1 Å². The Morgan fingerprint density at radius 3 is 3.31 bits per heavy atom. The van der Waals surface area contributed by atoms with Gasteiger partial charge in [0.15, 0.2) is 0 Å². The van der Waals surface area contributed by atoms with Crippen LogP contribution in [-0.4, -0.2) is 19.7 Å². The highest BCUT2D eigenvalue weighted by atomic mass is 32.1. The van der Waals surface area contributed by atoms with E-state index in [0.29, 0.717) is 0 Å². The van der Waals surface area contributed by atoms with Gasteiger partial charge in [0.2, 0.25) is 0 Å². The summed E-state index contributed by atoms with van der Waals surface area (Å²) >= 11 is 1.73. The lowest BCUT2D eigenvalue weighted by molar-refractivity contribution is 0.0927. The third-order valence-corrected chi connectivity index (χ3v) is 3.10. The summed E-state index contributed by atoms with van der Waals surface area (Å²) in [5, 5.41) is 7.58. The highest BCUT2D eigenvalue weighted by Gasteiger charge is 2.13. The van der Waals surface area contributed by atoms with E-state index < -0.39 is 0 Å². The molecule has 0 bridgehead atoms. The van der Waals surface area contributed by atoms with Gasteiger partial charge < -0.3 is 10.1 Å². The Balaban J connectivity index is 1.63.